The summed E-state index contributed by atoms with van der Waals surface area (Å²) in [6.45, 7) is 6.38. The molecule has 0 saturated carbocycles. The molecule has 1 aliphatic heterocycles. The van der Waals surface area contributed by atoms with Crippen molar-refractivity contribution in [3.8, 4) is 0 Å². The Morgan fingerprint density at radius 1 is 1.27 bits per heavy atom. The number of carbonyl (C=O) groups excluding carboxylic acids is 1. The molecule has 4 nitrogen and oxygen atoms in total. The highest BCUT2D eigenvalue weighted by atomic mass is 16.5. The van der Waals surface area contributed by atoms with Crippen molar-refractivity contribution in [1.82, 2.24) is 4.90 Å². The molecule has 0 radical (unpaired) electrons. The van der Waals surface area contributed by atoms with Gasteiger partial charge in [0.05, 0.1) is 6.61 Å². The van der Waals surface area contributed by atoms with Gasteiger partial charge in [-0.1, -0.05) is 32.0 Å². The van der Waals surface area contributed by atoms with Gasteiger partial charge in [-0.3, -0.25) is 4.79 Å². The first-order valence-electron chi connectivity index (χ1n) is 7.88. The molecular weight excluding hydrogens is 278 g/mol. The minimum Gasteiger partial charge on any atom is -0.451 e. The molecule has 1 amide bonds. The predicted molar refractivity (Wildman–Crippen MR) is 85.8 cm³/mol. The van der Waals surface area contributed by atoms with Crippen LogP contribution < -0.4 is 0 Å². The number of ether oxygens (including phenoxy) is 1. The van der Waals surface area contributed by atoms with Gasteiger partial charge in [0.15, 0.2) is 5.76 Å². The highest BCUT2D eigenvalue weighted by molar-refractivity contribution is 5.99. The third-order valence-electron chi connectivity index (χ3n) is 4.34. The van der Waals surface area contributed by atoms with E-state index in [9.17, 15) is 4.79 Å². The number of hydrogen-bond acceptors (Lipinski definition) is 3. The van der Waals surface area contributed by atoms with E-state index in [4.69, 9.17) is 9.15 Å². The van der Waals surface area contributed by atoms with Gasteiger partial charge >= 0.3 is 0 Å². The molecule has 1 fully saturated rings. The van der Waals surface area contributed by atoms with Gasteiger partial charge in [-0.15, -0.1) is 0 Å². The lowest BCUT2D eigenvalue weighted by Gasteiger charge is -2.34. The molecule has 0 spiro atoms. The number of carbonyl (C=O) groups is 1. The van der Waals surface area contributed by atoms with Crippen molar-refractivity contribution in [2.24, 2.45) is 11.8 Å². The van der Waals surface area contributed by atoms with Crippen molar-refractivity contribution in [1.29, 1.82) is 0 Å². The zero-order valence-electron chi connectivity index (χ0n) is 13.5. The number of benzene rings is 1. The molecule has 2 atom stereocenters. The lowest BCUT2D eigenvalue weighted by molar-refractivity contribution is 0.0588. The number of nitrogens with zero attached hydrogens (tertiary/aromatic N) is 1. The van der Waals surface area contributed by atoms with Gasteiger partial charge in [0.25, 0.3) is 5.91 Å². The van der Waals surface area contributed by atoms with Crippen LogP contribution in [-0.4, -0.2) is 31.0 Å². The summed E-state index contributed by atoms with van der Waals surface area (Å²) < 4.78 is 11.2. The van der Waals surface area contributed by atoms with E-state index in [1.165, 1.54) is 6.42 Å². The van der Waals surface area contributed by atoms with Crippen molar-refractivity contribution in [2.75, 3.05) is 20.2 Å². The Morgan fingerprint density at radius 2 is 1.95 bits per heavy atom. The molecule has 1 saturated heterocycles. The molecule has 2 unspecified atom stereocenters. The van der Waals surface area contributed by atoms with Crippen molar-refractivity contribution in [2.45, 2.75) is 26.9 Å². The number of piperidine rings is 1. The van der Waals surface area contributed by atoms with E-state index >= 15 is 0 Å². The summed E-state index contributed by atoms with van der Waals surface area (Å²) >= 11 is 0. The molecule has 1 aromatic heterocycles. The second-order valence-electron chi connectivity index (χ2n) is 6.50. The summed E-state index contributed by atoms with van der Waals surface area (Å²) in [5, 5.41) is 0.964. The fourth-order valence-corrected chi connectivity index (χ4v) is 3.53. The largest absolute Gasteiger partial charge is 0.451 e. The highest BCUT2D eigenvalue weighted by Gasteiger charge is 2.30. The Balaban J connectivity index is 1.97. The third kappa shape index (κ3) is 2.75. The first kappa shape index (κ1) is 15.1. The molecule has 4 heteroatoms. The van der Waals surface area contributed by atoms with Crippen LogP contribution in [0.1, 0.15) is 36.4 Å². The van der Waals surface area contributed by atoms with E-state index in [-0.39, 0.29) is 5.91 Å². The third-order valence-corrected chi connectivity index (χ3v) is 4.34. The summed E-state index contributed by atoms with van der Waals surface area (Å²) in [6, 6.07) is 7.75. The Kier molecular flexibility index (Phi) is 4.21. The lowest BCUT2D eigenvalue weighted by atomic mass is 9.91. The normalized spacial score (nSPS) is 22.2. The average molecular weight is 301 g/mol. The number of hydrogen-bond donors (Lipinski definition) is 0. The molecule has 0 aliphatic carbocycles. The quantitative estimate of drug-likeness (QED) is 0.868. The summed E-state index contributed by atoms with van der Waals surface area (Å²) in [5.74, 6) is 1.48. The van der Waals surface area contributed by atoms with Gasteiger partial charge in [0.1, 0.15) is 5.58 Å². The van der Waals surface area contributed by atoms with Crippen molar-refractivity contribution >= 4 is 16.9 Å². The van der Waals surface area contributed by atoms with Crippen LogP contribution >= 0.6 is 0 Å². The second-order valence-corrected chi connectivity index (χ2v) is 6.50. The molecule has 22 heavy (non-hydrogen) atoms. The highest BCUT2D eigenvalue weighted by Crippen LogP contribution is 2.29. The molecule has 2 heterocycles. The number of rotatable bonds is 3. The van der Waals surface area contributed by atoms with Crippen molar-refractivity contribution < 1.29 is 13.9 Å². The van der Waals surface area contributed by atoms with Gasteiger partial charge in [0, 0.05) is 31.1 Å². The van der Waals surface area contributed by atoms with Crippen LogP contribution in [0.25, 0.3) is 11.0 Å². The number of fused-ring (bicyclic) bond motifs is 1. The van der Waals surface area contributed by atoms with Gasteiger partial charge in [-0.25, -0.2) is 0 Å². The zero-order valence-corrected chi connectivity index (χ0v) is 13.5. The lowest BCUT2D eigenvalue weighted by Crippen LogP contribution is -2.42. The van der Waals surface area contributed by atoms with E-state index in [0.717, 1.165) is 29.6 Å². The molecule has 3 rings (SSSR count). The van der Waals surface area contributed by atoms with Gasteiger partial charge in [-0.05, 0) is 24.3 Å². The molecule has 1 aliphatic rings. The Labute approximate surface area is 131 Å². The van der Waals surface area contributed by atoms with Crippen LogP contribution in [-0.2, 0) is 11.3 Å². The number of amides is 1. The van der Waals surface area contributed by atoms with Crippen molar-refractivity contribution in [3.05, 3.63) is 35.6 Å². The SMILES string of the molecule is COCc1c(C(=O)N2CC(C)CC(C)C2)oc2ccccc12. The van der Waals surface area contributed by atoms with E-state index in [0.29, 0.717) is 24.2 Å². The number of methoxy groups -OCH3 is 1. The van der Waals surface area contributed by atoms with Gasteiger partial charge in [-0.2, -0.15) is 0 Å². The Hall–Kier alpha value is -1.81. The van der Waals surface area contributed by atoms with Crippen LogP contribution in [0.4, 0.5) is 0 Å². The summed E-state index contributed by atoms with van der Waals surface area (Å²) in [5.41, 5.74) is 1.60. The number of furan rings is 1. The molecular formula is C18H23NO3. The van der Waals surface area contributed by atoms with Crippen molar-refractivity contribution in [3.63, 3.8) is 0 Å². The van der Waals surface area contributed by atoms with Crippen LogP contribution in [0.5, 0.6) is 0 Å². The van der Waals surface area contributed by atoms with Crippen LogP contribution in [0.3, 0.4) is 0 Å². The second kappa shape index (κ2) is 6.13. The first-order valence-corrected chi connectivity index (χ1v) is 7.88. The Bertz CT molecular complexity index is 666. The fraction of sp³-hybridized carbons (Fsp3) is 0.500. The van der Waals surface area contributed by atoms with E-state index in [1.54, 1.807) is 7.11 Å². The standard InChI is InChI=1S/C18H23NO3/c1-12-8-13(2)10-19(9-12)18(20)17-15(11-21-3)14-6-4-5-7-16(14)22-17/h4-7,12-13H,8-11H2,1-3H3. The van der Waals surface area contributed by atoms with Crippen LogP contribution in [0, 0.1) is 11.8 Å². The summed E-state index contributed by atoms with van der Waals surface area (Å²) in [7, 11) is 1.64. The topological polar surface area (TPSA) is 42.7 Å². The minimum atomic E-state index is -0.0124. The monoisotopic (exact) mass is 301 g/mol. The zero-order chi connectivity index (χ0) is 15.7. The maximum absolute atomic E-state index is 12.9. The van der Waals surface area contributed by atoms with Gasteiger partial charge in [0.2, 0.25) is 0 Å². The maximum atomic E-state index is 12.9. The smallest absolute Gasteiger partial charge is 0.290 e. The predicted octanol–water partition coefficient (Wildman–Crippen LogP) is 3.70. The molecule has 0 N–H and O–H groups in total. The van der Waals surface area contributed by atoms with Crippen LogP contribution in [0.15, 0.2) is 28.7 Å². The average Bonchev–Trinajstić information content (AvgIpc) is 2.85. The molecule has 118 valence electrons. The molecule has 2 aromatic rings. The van der Waals surface area contributed by atoms with E-state index in [1.807, 2.05) is 29.2 Å². The molecule has 1 aromatic carbocycles. The van der Waals surface area contributed by atoms with Crippen LogP contribution in [0.2, 0.25) is 0 Å². The van der Waals surface area contributed by atoms with Gasteiger partial charge < -0.3 is 14.1 Å². The Morgan fingerprint density at radius 3 is 2.64 bits per heavy atom. The first-order chi connectivity index (χ1) is 10.6. The minimum absolute atomic E-state index is 0.0124. The summed E-state index contributed by atoms with van der Waals surface area (Å²) in [6.07, 6.45) is 1.18. The fourth-order valence-electron chi connectivity index (χ4n) is 3.53. The maximum Gasteiger partial charge on any atom is 0.290 e. The van der Waals surface area contributed by atoms with E-state index < -0.39 is 0 Å². The van der Waals surface area contributed by atoms with E-state index in [2.05, 4.69) is 13.8 Å². The summed E-state index contributed by atoms with van der Waals surface area (Å²) in [4.78, 5) is 14.9. The number of para-hydroxylation sites is 1. The number of likely N-dealkylation sites (tertiary alicyclic amines) is 1. The molecule has 0 bridgehead atoms.